The third kappa shape index (κ3) is 2.84. The lowest BCUT2D eigenvalue weighted by Crippen LogP contribution is -1.89. The maximum atomic E-state index is 10.8. The van der Waals surface area contributed by atoms with Crippen molar-refractivity contribution >= 4 is 52.1 Å². The highest BCUT2D eigenvalue weighted by atomic mass is 32.1. The van der Waals surface area contributed by atoms with Crippen LogP contribution in [0.15, 0.2) is 28.4 Å². The molecule has 0 amide bonds. The Bertz CT molecular complexity index is 756. The molecule has 0 radical (unpaired) electrons. The number of carboxylic acids is 1. The fourth-order valence-electron chi connectivity index (χ4n) is 1.50. The molecule has 0 unspecified atom stereocenters. The van der Waals surface area contributed by atoms with E-state index < -0.39 is 5.97 Å². The lowest BCUT2D eigenvalue weighted by molar-refractivity contribution is 0.0702. The van der Waals surface area contributed by atoms with Gasteiger partial charge in [-0.15, -0.1) is 22.7 Å². The van der Waals surface area contributed by atoms with Gasteiger partial charge in [0.15, 0.2) is 0 Å². The molecule has 3 aromatic heterocycles. The van der Waals surface area contributed by atoms with Crippen molar-refractivity contribution in [1.82, 2.24) is 9.97 Å². The Morgan fingerprint density at radius 1 is 1.30 bits per heavy atom. The van der Waals surface area contributed by atoms with Crippen LogP contribution >= 0.6 is 34.0 Å². The van der Waals surface area contributed by atoms with Crippen molar-refractivity contribution < 1.29 is 9.90 Å². The summed E-state index contributed by atoms with van der Waals surface area (Å²) in [5, 5.41) is 16.5. The maximum absolute atomic E-state index is 10.8. The molecule has 3 aromatic rings. The van der Waals surface area contributed by atoms with E-state index in [4.69, 9.17) is 5.11 Å². The lowest BCUT2D eigenvalue weighted by Gasteiger charge is -1.86. The fourth-order valence-corrected chi connectivity index (χ4v) is 3.66. The van der Waals surface area contributed by atoms with E-state index in [0.29, 0.717) is 5.01 Å². The van der Waals surface area contributed by atoms with Gasteiger partial charge in [-0.05, 0) is 23.6 Å². The second-order valence-electron chi connectivity index (χ2n) is 3.79. The van der Waals surface area contributed by atoms with Crippen molar-refractivity contribution in [2.45, 2.75) is 0 Å². The molecule has 3 heterocycles. The van der Waals surface area contributed by atoms with Crippen molar-refractivity contribution in [1.29, 1.82) is 0 Å². The zero-order valence-corrected chi connectivity index (χ0v) is 12.5. The second kappa shape index (κ2) is 5.66. The Morgan fingerprint density at radius 3 is 2.90 bits per heavy atom. The average molecular weight is 320 g/mol. The fraction of sp³-hybridized carbons (Fsp3) is 0. The van der Waals surface area contributed by atoms with Crippen molar-refractivity contribution in [2.24, 2.45) is 0 Å². The molecule has 0 spiro atoms. The Kier molecular flexibility index (Phi) is 3.72. The van der Waals surface area contributed by atoms with Crippen LogP contribution in [0.4, 0.5) is 0 Å². The molecule has 0 aliphatic carbocycles. The molecule has 4 nitrogen and oxygen atoms in total. The van der Waals surface area contributed by atoms with Gasteiger partial charge in [-0.25, -0.2) is 14.8 Å². The van der Waals surface area contributed by atoms with Gasteiger partial charge >= 0.3 is 5.97 Å². The first-order chi connectivity index (χ1) is 9.72. The van der Waals surface area contributed by atoms with Crippen LogP contribution in [0.3, 0.4) is 0 Å². The van der Waals surface area contributed by atoms with E-state index >= 15 is 0 Å². The van der Waals surface area contributed by atoms with Crippen LogP contribution in [0.2, 0.25) is 0 Å². The summed E-state index contributed by atoms with van der Waals surface area (Å²) in [6.45, 7) is 0. The predicted molar refractivity (Wildman–Crippen MR) is 83.4 cm³/mol. The van der Waals surface area contributed by atoms with Crippen LogP contribution in [0, 0.1) is 0 Å². The number of nitrogens with zero attached hydrogens (tertiary/aromatic N) is 2. The number of hydrogen-bond acceptors (Lipinski definition) is 6. The minimum absolute atomic E-state index is 0.238. The molecule has 0 aliphatic rings. The van der Waals surface area contributed by atoms with E-state index in [1.165, 1.54) is 6.20 Å². The van der Waals surface area contributed by atoms with E-state index in [9.17, 15) is 4.79 Å². The quantitative estimate of drug-likeness (QED) is 0.782. The number of rotatable bonds is 4. The van der Waals surface area contributed by atoms with Crippen molar-refractivity contribution in [3.05, 3.63) is 44.0 Å². The van der Waals surface area contributed by atoms with Crippen molar-refractivity contribution in [2.75, 3.05) is 0 Å². The molecule has 0 saturated carbocycles. The smallest absolute Gasteiger partial charge is 0.347 e. The predicted octanol–water partition coefficient (Wildman–Crippen LogP) is 4.20. The van der Waals surface area contributed by atoms with Crippen molar-refractivity contribution in [3.63, 3.8) is 0 Å². The number of aromatic carboxylic acids is 1. The van der Waals surface area contributed by atoms with Gasteiger partial charge < -0.3 is 5.11 Å². The second-order valence-corrected chi connectivity index (χ2v) is 6.49. The third-order valence-electron chi connectivity index (χ3n) is 2.42. The molecule has 1 N–H and O–H groups in total. The normalized spacial score (nSPS) is 11.2. The van der Waals surface area contributed by atoms with Gasteiger partial charge in [0.1, 0.15) is 14.9 Å². The summed E-state index contributed by atoms with van der Waals surface area (Å²) in [5.74, 6) is -0.949. The molecule has 7 heteroatoms. The van der Waals surface area contributed by atoms with E-state index in [-0.39, 0.29) is 4.88 Å². The summed E-state index contributed by atoms with van der Waals surface area (Å²) in [5.41, 5.74) is 1.98. The number of aromatic nitrogens is 2. The molecule has 100 valence electrons. The number of thiazole rings is 2. The molecule has 3 rings (SSSR count). The SMILES string of the molecule is O=C(O)c1cnc(C=Cc2csc(-c3ccsc3)n2)s1. The van der Waals surface area contributed by atoms with Crippen LogP contribution in [0.1, 0.15) is 20.4 Å². The molecule has 0 fully saturated rings. The molecule has 20 heavy (non-hydrogen) atoms. The molecule has 0 atom stereocenters. The summed E-state index contributed by atoms with van der Waals surface area (Å²) >= 11 is 4.37. The first-order valence-electron chi connectivity index (χ1n) is 5.57. The van der Waals surface area contributed by atoms with Gasteiger partial charge in [0.05, 0.1) is 11.9 Å². The summed E-state index contributed by atoms with van der Waals surface area (Å²) in [6, 6.07) is 2.04. The highest BCUT2D eigenvalue weighted by Gasteiger charge is 2.07. The standard InChI is InChI=1S/C13H8N2O2S3/c16-13(17)10-5-14-11(20-10)2-1-9-7-19-12(15-9)8-3-4-18-6-8/h1-7H,(H,16,17). The summed E-state index contributed by atoms with van der Waals surface area (Å²) in [6.07, 6.45) is 4.99. The largest absolute Gasteiger partial charge is 0.477 e. The Morgan fingerprint density at radius 2 is 2.20 bits per heavy atom. The van der Waals surface area contributed by atoms with Crippen LogP contribution < -0.4 is 0 Å². The summed E-state index contributed by atoms with van der Waals surface area (Å²) < 4.78 is 0. The zero-order chi connectivity index (χ0) is 13.9. The monoisotopic (exact) mass is 320 g/mol. The highest BCUT2D eigenvalue weighted by molar-refractivity contribution is 7.14. The van der Waals surface area contributed by atoms with E-state index in [1.807, 2.05) is 22.9 Å². The van der Waals surface area contributed by atoms with Crippen LogP contribution in [-0.2, 0) is 0 Å². The Balaban J connectivity index is 1.77. The lowest BCUT2D eigenvalue weighted by atomic mass is 10.3. The first kappa shape index (κ1) is 13.2. The topological polar surface area (TPSA) is 63.1 Å². The number of hydrogen-bond donors (Lipinski definition) is 1. The maximum Gasteiger partial charge on any atom is 0.347 e. The van der Waals surface area contributed by atoms with E-state index in [0.717, 1.165) is 27.6 Å². The molecule has 0 aliphatic heterocycles. The molecule has 0 bridgehead atoms. The summed E-state index contributed by atoms with van der Waals surface area (Å²) in [4.78, 5) is 19.5. The number of carbonyl (C=O) groups is 1. The van der Waals surface area contributed by atoms with Gasteiger partial charge in [-0.1, -0.05) is 0 Å². The Labute approximate surface area is 126 Å². The van der Waals surface area contributed by atoms with Crippen LogP contribution in [0.5, 0.6) is 0 Å². The van der Waals surface area contributed by atoms with Gasteiger partial charge in [0.25, 0.3) is 0 Å². The summed E-state index contributed by atoms with van der Waals surface area (Å²) in [7, 11) is 0. The van der Waals surface area contributed by atoms with Gasteiger partial charge in [-0.2, -0.15) is 11.3 Å². The minimum atomic E-state index is -0.949. The molecular formula is C13H8N2O2S3. The number of thiophene rings is 1. The third-order valence-corrected chi connectivity index (χ3v) is 4.96. The van der Waals surface area contributed by atoms with Gasteiger partial charge in [0, 0.05) is 16.3 Å². The molecule has 0 aromatic carbocycles. The highest BCUT2D eigenvalue weighted by Crippen LogP contribution is 2.26. The van der Waals surface area contributed by atoms with E-state index in [1.54, 1.807) is 28.7 Å². The first-order valence-corrected chi connectivity index (χ1v) is 8.21. The average Bonchev–Trinajstić information content (AvgIpc) is 3.17. The minimum Gasteiger partial charge on any atom is -0.477 e. The van der Waals surface area contributed by atoms with Gasteiger partial charge in [-0.3, -0.25) is 0 Å². The number of carboxylic acid groups (broad SMARTS) is 1. The van der Waals surface area contributed by atoms with Crippen molar-refractivity contribution in [3.8, 4) is 10.6 Å². The Hall–Kier alpha value is -1.83. The van der Waals surface area contributed by atoms with Gasteiger partial charge in [0.2, 0.25) is 0 Å². The molecule has 0 saturated heterocycles. The van der Waals surface area contributed by atoms with Crippen LogP contribution in [0.25, 0.3) is 22.7 Å². The van der Waals surface area contributed by atoms with E-state index in [2.05, 4.69) is 15.3 Å². The zero-order valence-electron chi connectivity index (χ0n) is 10.0. The molecular weight excluding hydrogens is 312 g/mol. The van der Waals surface area contributed by atoms with Crippen LogP contribution in [-0.4, -0.2) is 21.0 Å².